The van der Waals surface area contributed by atoms with Gasteiger partial charge in [-0.1, -0.05) is 30.3 Å². The van der Waals surface area contributed by atoms with Gasteiger partial charge in [0, 0.05) is 25.4 Å². The molecule has 0 radical (unpaired) electrons. The summed E-state index contributed by atoms with van der Waals surface area (Å²) in [5.41, 5.74) is 7.76. The van der Waals surface area contributed by atoms with E-state index in [4.69, 9.17) is 5.73 Å². The number of halogens is 1. The number of carbonyl (C=O) groups excluding carboxylic acids is 1. The van der Waals surface area contributed by atoms with Crippen molar-refractivity contribution in [2.75, 3.05) is 19.6 Å². The molecule has 2 N–H and O–H groups in total. The Morgan fingerprint density at radius 1 is 1.00 bits per heavy atom. The van der Waals surface area contributed by atoms with Crippen LogP contribution in [0.15, 0.2) is 30.3 Å². The van der Waals surface area contributed by atoms with Gasteiger partial charge in [0.15, 0.2) is 0 Å². The summed E-state index contributed by atoms with van der Waals surface area (Å²) in [6.45, 7) is 2.37. The molecule has 1 aromatic carbocycles. The molecule has 1 heterocycles. The first-order valence-corrected chi connectivity index (χ1v) is 10.7. The lowest BCUT2D eigenvalue weighted by atomic mass is 9.49. The van der Waals surface area contributed by atoms with Crippen molar-refractivity contribution in [1.29, 1.82) is 0 Å². The molecule has 27 heavy (non-hydrogen) atoms. The van der Waals surface area contributed by atoms with Crippen LogP contribution in [0.2, 0.25) is 0 Å². The first-order valence-electron chi connectivity index (χ1n) is 10.7. The second-order valence-electron chi connectivity index (χ2n) is 9.91. The Hall–Kier alpha value is -1.06. The van der Waals surface area contributed by atoms with E-state index in [1.165, 1.54) is 44.1 Å². The number of carbonyl (C=O) groups is 1. The molecule has 1 aliphatic heterocycles. The molecule has 4 saturated carbocycles. The molecule has 3 nitrogen and oxygen atoms in total. The Balaban J connectivity index is 0.00000180. The third kappa shape index (κ3) is 3.53. The zero-order valence-electron chi connectivity index (χ0n) is 16.2. The number of hydrogen-bond donors (Lipinski definition) is 1. The maximum atomic E-state index is 13.3. The van der Waals surface area contributed by atoms with Crippen molar-refractivity contribution >= 4 is 18.3 Å². The first kappa shape index (κ1) is 19.3. The Morgan fingerprint density at radius 2 is 1.59 bits per heavy atom. The highest BCUT2D eigenvalue weighted by molar-refractivity contribution is 5.85. The lowest BCUT2D eigenvalue weighted by molar-refractivity contribution is -0.138. The smallest absolute Gasteiger partial charge is 0.223 e. The summed E-state index contributed by atoms with van der Waals surface area (Å²) in [6.07, 6.45) is 9.10. The van der Waals surface area contributed by atoms with Gasteiger partial charge in [0.25, 0.3) is 0 Å². The van der Waals surface area contributed by atoms with E-state index in [1.54, 1.807) is 0 Å². The van der Waals surface area contributed by atoms with Crippen molar-refractivity contribution in [3.05, 3.63) is 35.9 Å². The highest BCUT2D eigenvalue weighted by atomic mass is 35.5. The minimum Gasteiger partial charge on any atom is -0.342 e. The predicted molar refractivity (Wildman–Crippen MR) is 111 cm³/mol. The van der Waals surface area contributed by atoms with Crippen molar-refractivity contribution in [1.82, 2.24) is 4.90 Å². The average molecular weight is 389 g/mol. The quantitative estimate of drug-likeness (QED) is 0.839. The van der Waals surface area contributed by atoms with E-state index in [2.05, 4.69) is 35.2 Å². The maximum absolute atomic E-state index is 13.3. The van der Waals surface area contributed by atoms with Crippen LogP contribution < -0.4 is 5.73 Å². The van der Waals surface area contributed by atoms with Gasteiger partial charge in [0.05, 0.1) is 0 Å². The van der Waals surface area contributed by atoms with Crippen LogP contribution in [0.3, 0.4) is 0 Å². The molecular formula is C23H33ClN2O. The van der Waals surface area contributed by atoms with E-state index in [9.17, 15) is 4.79 Å². The van der Waals surface area contributed by atoms with Crippen LogP contribution in [0.1, 0.15) is 56.4 Å². The van der Waals surface area contributed by atoms with Crippen molar-refractivity contribution < 1.29 is 4.79 Å². The van der Waals surface area contributed by atoms with Crippen molar-refractivity contribution in [2.24, 2.45) is 34.8 Å². The first-order chi connectivity index (χ1) is 12.6. The van der Waals surface area contributed by atoms with Gasteiger partial charge in [0.2, 0.25) is 5.91 Å². The molecule has 1 aromatic rings. The lowest BCUT2D eigenvalue weighted by Crippen LogP contribution is -2.48. The monoisotopic (exact) mass is 388 g/mol. The van der Waals surface area contributed by atoms with Crippen LogP contribution in [0.25, 0.3) is 0 Å². The van der Waals surface area contributed by atoms with E-state index in [1.807, 2.05) is 0 Å². The minimum absolute atomic E-state index is 0. The van der Waals surface area contributed by atoms with E-state index in [0.29, 0.717) is 29.7 Å². The summed E-state index contributed by atoms with van der Waals surface area (Å²) in [7, 11) is 0. The Kier molecular flexibility index (Phi) is 5.28. The standard InChI is InChI=1S/C23H32N2O.ClH/c24-13-20-14-25(15-21(20)19-4-2-1-3-5-19)22(26)12-23-9-16-6-17(10-23)8-18(7-16)11-23;/h1-5,16-18,20-21H,6-15,24H2;1H/t16?,17?,18?,20-,21+,23?;/m1./s1. The van der Waals surface area contributed by atoms with E-state index in [0.717, 1.165) is 37.3 Å². The molecule has 148 valence electrons. The molecule has 1 saturated heterocycles. The highest BCUT2D eigenvalue weighted by Gasteiger charge is 2.52. The number of nitrogens with zero attached hydrogens (tertiary/aromatic N) is 1. The van der Waals surface area contributed by atoms with Gasteiger partial charge in [-0.25, -0.2) is 0 Å². The highest BCUT2D eigenvalue weighted by Crippen LogP contribution is 2.61. The van der Waals surface area contributed by atoms with Crippen LogP contribution in [-0.2, 0) is 4.79 Å². The molecule has 0 spiro atoms. The molecular weight excluding hydrogens is 356 g/mol. The van der Waals surface area contributed by atoms with E-state index < -0.39 is 0 Å². The third-order valence-electron chi connectivity index (χ3n) is 8.02. The third-order valence-corrected chi connectivity index (χ3v) is 8.02. The topological polar surface area (TPSA) is 46.3 Å². The maximum Gasteiger partial charge on any atom is 0.223 e. The molecule has 5 aliphatic rings. The molecule has 1 amide bonds. The van der Waals surface area contributed by atoms with Gasteiger partial charge < -0.3 is 10.6 Å². The summed E-state index contributed by atoms with van der Waals surface area (Å²) in [5, 5.41) is 0. The fourth-order valence-corrected chi connectivity index (χ4v) is 7.33. The summed E-state index contributed by atoms with van der Waals surface area (Å²) in [6, 6.07) is 10.7. The second-order valence-corrected chi connectivity index (χ2v) is 9.91. The molecule has 0 unspecified atom stereocenters. The van der Waals surface area contributed by atoms with E-state index in [-0.39, 0.29) is 12.4 Å². The van der Waals surface area contributed by atoms with Crippen LogP contribution >= 0.6 is 12.4 Å². The largest absolute Gasteiger partial charge is 0.342 e. The van der Waals surface area contributed by atoms with Crippen molar-refractivity contribution in [3.8, 4) is 0 Å². The fourth-order valence-electron chi connectivity index (χ4n) is 7.33. The second kappa shape index (κ2) is 7.40. The van der Waals surface area contributed by atoms with Crippen LogP contribution in [0.4, 0.5) is 0 Å². The molecule has 4 heteroatoms. The number of nitrogens with two attached hydrogens (primary N) is 1. The minimum atomic E-state index is 0. The van der Waals surface area contributed by atoms with Crippen LogP contribution in [-0.4, -0.2) is 30.4 Å². The van der Waals surface area contributed by atoms with Gasteiger partial charge >= 0.3 is 0 Å². The molecule has 2 atom stereocenters. The molecule has 4 bridgehead atoms. The average Bonchev–Trinajstić information content (AvgIpc) is 3.05. The summed E-state index contributed by atoms with van der Waals surface area (Å²) in [5.74, 6) is 3.97. The summed E-state index contributed by atoms with van der Waals surface area (Å²) in [4.78, 5) is 15.4. The molecule has 5 fully saturated rings. The van der Waals surface area contributed by atoms with Gasteiger partial charge in [-0.2, -0.15) is 0 Å². The fraction of sp³-hybridized carbons (Fsp3) is 0.696. The van der Waals surface area contributed by atoms with Gasteiger partial charge in [-0.15, -0.1) is 12.4 Å². The number of amides is 1. The molecule has 6 rings (SSSR count). The zero-order valence-corrected chi connectivity index (χ0v) is 17.0. The van der Waals surface area contributed by atoms with Crippen molar-refractivity contribution in [3.63, 3.8) is 0 Å². The zero-order chi connectivity index (χ0) is 17.7. The number of hydrogen-bond acceptors (Lipinski definition) is 2. The van der Waals surface area contributed by atoms with Gasteiger partial charge in [0.1, 0.15) is 0 Å². The summed E-state index contributed by atoms with van der Waals surface area (Å²) >= 11 is 0. The summed E-state index contributed by atoms with van der Waals surface area (Å²) < 4.78 is 0. The van der Waals surface area contributed by atoms with E-state index >= 15 is 0 Å². The molecule has 0 aromatic heterocycles. The number of benzene rings is 1. The van der Waals surface area contributed by atoms with Crippen molar-refractivity contribution in [2.45, 2.75) is 50.9 Å². The Morgan fingerprint density at radius 3 is 2.15 bits per heavy atom. The normalized spacial score (nSPS) is 39.4. The van der Waals surface area contributed by atoms with Crippen LogP contribution in [0.5, 0.6) is 0 Å². The van der Waals surface area contributed by atoms with Gasteiger partial charge in [-0.05, 0) is 79.7 Å². The predicted octanol–water partition coefficient (Wildman–Crippen LogP) is 4.22. The Bertz CT molecular complexity index is 641. The van der Waals surface area contributed by atoms with Crippen LogP contribution in [0, 0.1) is 29.1 Å². The number of likely N-dealkylation sites (tertiary alicyclic amines) is 1. The number of rotatable bonds is 4. The SMILES string of the molecule is Cl.NC[C@@H]1CN(C(=O)CC23CC4CC(CC(C4)C2)C3)C[C@H]1c1ccccc1. The molecule has 4 aliphatic carbocycles. The lowest BCUT2D eigenvalue weighted by Gasteiger charge is -2.56. The Labute approximate surface area is 169 Å². The van der Waals surface area contributed by atoms with Gasteiger partial charge in [-0.3, -0.25) is 4.79 Å².